The van der Waals surface area contributed by atoms with E-state index in [4.69, 9.17) is 0 Å². The van der Waals surface area contributed by atoms with Gasteiger partial charge in [0.2, 0.25) is 0 Å². The molecule has 0 atom stereocenters. The molecule has 0 bridgehead atoms. The number of pyridine rings is 2. The van der Waals surface area contributed by atoms with Gasteiger partial charge in [-0.1, -0.05) is 37.6 Å². The van der Waals surface area contributed by atoms with Crippen LogP contribution < -0.4 is 0 Å². The minimum Gasteiger partial charge on any atom is -0.305 e. The number of hydrogen-bond donors (Lipinski definition) is 0. The molecule has 0 N–H and O–H groups in total. The topological polar surface area (TPSA) is 25.8 Å². The summed E-state index contributed by atoms with van der Waals surface area (Å²) in [4.78, 5) is 9.02. The van der Waals surface area contributed by atoms with Crippen molar-refractivity contribution in [2.45, 2.75) is 19.3 Å². The average Bonchev–Trinajstić information content (AvgIpc) is 2.77. The number of rotatable bonds is 1. The Bertz CT molecular complexity index is 826. The third kappa shape index (κ3) is 2.13. The van der Waals surface area contributed by atoms with Crippen LogP contribution >= 0.6 is 0 Å². The molecule has 0 fully saturated rings. The van der Waals surface area contributed by atoms with Crippen molar-refractivity contribution < 1.29 is 20.1 Å². The van der Waals surface area contributed by atoms with Gasteiger partial charge in [0, 0.05) is 43.6 Å². The molecule has 0 aliphatic heterocycles. The van der Waals surface area contributed by atoms with E-state index in [9.17, 15) is 0 Å². The van der Waals surface area contributed by atoms with Crippen LogP contribution in [0.1, 0.15) is 25.1 Å². The fourth-order valence-corrected chi connectivity index (χ4v) is 3.15. The van der Waals surface area contributed by atoms with E-state index in [0.717, 1.165) is 17.0 Å². The Labute approximate surface area is 144 Å². The number of benzene rings is 1. The first kappa shape index (κ1) is 15.1. The fourth-order valence-electron chi connectivity index (χ4n) is 3.15. The summed E-state index contributed by atoms with van der Waals surface area (Å²) in [5.74, 6) is 0. The minimum absolute atomic E-state index is 0. The second-order valence-electron chi connectivity index (χ2n) is 5.91. The van der Waals surface area contributed by atoms with Crippen molar-refractivity contribution >= 4 is 0 Å². The molecule has 2 heterocycles. The largest absolute Gasteiger partial charge is 0.305 e. The summed E-state index contributed by atoms with van der Waals surface area (Å²) in [5.41, 5.74) is 6.83. The molecular weight excluding hydrogens is 448 g/mol. The van der Waals surface area contributed by atoms with Crippen molar-refractivity contribution in [1.82, 2.24) is 9.97 Å². The van der Waals surface area contributed by atoms with E-state index in [0.29, 0.717) is 0 Å². The SMILES string of the molecule is CC1(C)c2cc(-c3ccccn3)[c-]cc2-c2cccnc21.[Ir]. The Balaban J connectivity index is 0.00000144. The molecule has 2 nitrogen and oxygen atoms in total. The number of aromatic nitrogens is 2. The van der Waals surface area contributed by atoms with Crippen LogP contribution in [0.5, 0.6) is 0 Å². The zero-order valence-electron chi connectivity index (χ0n) is 12.4. The average molecular weight is 464 g/mol. The third-order valence-corrected chi connectivity index (χ3v) is 4.25. The molecule has 111 valence electrons. The Morgan fingerprint density at radius 2 is 1.77 bits per heavy atom. The predicted octanol–water partition coefficient (Wildman–Crippen LogP) is 4.25. The van der Waals surface area contributed by atoms with Gasteiger partial charge in [0.15, 0.2) is 0 Å². The maximum absolute atomic E-state index is 4.60. The first-order chi connectivity index (χ1) is 10.2. The Hall–Kier alpha value is -1.83. The van der Waals surface area contributed by atoms with Crippen molar-refractivity contribution in [2.75, 3.05) is 0 Å². The maximum Gasteiger partial charge on any atom is 0.0473 e. The molecule has 0 unspecified atom stereocenters. The monoisotopic (exact) mass is 464 g/mol. The molecule has 1 aliphatic carbocycles. The van der Waals surface area contributed by atoms with Gasteiger partial charge in [-0.25, -0.2) is 0 Å². The normalized spacial score (nSPS) is 13.9. The second-order valence-corrected chi connectivity index (χ2v) is 5.91. The second kappa shape index (κ2) is 5.42. The molecule has 22 heavy (non-hydrogen) atoms. The molecule has 1 aromatic carbocycles. The first-order valence-electron chi connectivity index (χ1n) is 7.11. The first-order valence-corrected chi connectivity index (χ1v) is 7.11. The Kier molecular flexibility index (Phi) is 3.72. The van der Waals surface area contributed by atoms with Crippen molar-refractivity contribution in [3.63, 3.8) is 0 Å². The van der Waals surface area contributed by atoms with Crippen LogP contribution in [0.2, 0.25) is 0 Å². The van der Waals surface area contributed by atoms with Crippen molar-refractivity contribution in [3.05, 3.63) is 72.2 Å². The molecule has 2 aromatic heterocycles. The number of hydrogen-bond acceptors (Lipinski definition) is 2. The van der Waals surface area contributed by atoms with Crippen LogP contribution in [-0.2, 0) is 25.5 Å². The van der Waals surface area contributed by atoms with Crippen LogP contribution in [-0.4, -0.2) is 9.97 Å². The zero-order valence-corrected chi connectivity index (χ0v) is 14.8. The van der Waals surface area contributed by atoms with E-state index in [1.807, 2.05) is 36.7 Å². The van der Waals surface area contributed by atoms with Crippen LogP contribution in [0.4, 0.5) is 0 Å². The molecule has 1 radical (unpaired) electrons. The van der Waals surface area contributed by atoms with Gasteiger partial charge in [0.05, 0.1) is 0 Å². The summed E-state index contributed by atoms with van der Waals surface area (Å²) in [6.07, 6.45) is 3.69. The van der Waals surface area contributed by atoms with Gasteiger partial charge in [-0.05, 0) is 23.4 Å². The Morgan fingerprint density at radius 1 is 0.955 bits per heavy atom. The van der Waals surface area contributed by atoms with Gasteiger partial charge >= 0.3 is 0 Å². The van der Waals surface area contributed by atoms with Crippen molar-refractivity contribution in [1.29, 1.82) is 0 Å². The number of fused-ring (bicyclic) bond motifs is 3. The third-order valence-electron chi connectivity index (χ3n) is 4.25. The standard InChI is InChI=1S/C19H15N2.Ir/c1-19(2)16-12-13(17-7-3-4-10-20-17)8-9-14(16)15-6-5-11-21-18(15)19;/h3-7,9-12H,1-2H3;/q-1;. The summed E-state index contributed by atoms with van der Waals surface area (Å²) in [6, 6.07) is 17.8. The van der Waals surface area contributed by atoms with E-state index < -0.39 is 0 Å². The maximum atomic E-state index is 4.60. The van der Waals surface area contributed by atoms with Gasteiger partial charge in [-0.3, -0.25) is 4.98 Å². The van der Waals surface area contributed by atoms with Crippen molar-refractivity contribution in [2.24, 2.45) is 0 Å². The van der Waals surface area contributed by atoms with Crippen LogP contribution in [0.15, 0.2) is 54.9 Å². The quantitative estimate of drug-likeness (QED) is 0.505. The molecule has 0 spiro atoms. The van der Waals surface area contributed by atoms with Gasteiger partial charge in [-0.2, -0.15) is 0 Å². The summed E-state index contributed by atoms with van der Waals surface area (Å²) in [7, 11) is 0. The van der Waals surface area contributed by atoms with Gasteiger partial charge in [-0.15, -0.1) is 29.3 Å². The van der Waals surface area contributed by atoms with E-state index in [1.165, 1.54) is 16.7 Å². The van der Waals surface area contributed by atoms with E-state index in [2.05, 4.69) is 48.1 Å². The van der Waals surface area contributed by atoms with Crippen LogP contribution in [0.25, 0.3) is 22.4 Å². The van der Waals surface area contributed by atoms with Gasteiger partial charge in [0.25, 0.3) is 0 Å². The minimum atomic E-state index is -0.0788. The van der Waals surface area contributed by atoms with Gasteiger partial charge < -0.3 is 4.98 Å². The number of nitrogens with zero attached hydrogens (tertiary/aromatic N) is 2. The van der Waals surface area contributed by atoms with E-state index in [1.54, 1.807) is 0 Å². The molecule has 0 saturated carbocycles. The summed E-state index contributed by atoms with van der Waals surface area (Å²) in [5, 5.41) is 0. The van der Waals surface area contributed by atoms with Crippen LogP contribution in [0, 0.1) is 6.07 Å². The van der Waals surface area contributed by atoms with Gasteiger partial charge in [0.1, 0.15) is 0 Å². The van der Waals surface area contributed by atoms with E-state index >= 15 is 0 Å². The molecule has 0 saturated heterocycles. The van der Waals surface area contributed by atoms with E-state index in [-0.39, 0.29) is 25.5 Å². The summed E-state index contributed by atoms with van der Waals surface area (Å²) < 4.78 is 0. The predicted molar refractivity (Wildman–Crippen MR) is 83.9 cm³/mol. The summed E-state index contributed by atoms with van der Waals surface area (Å²) >= 11 is 0. The molecular formula is C19H15IrN2-. The van der Waals surface area contributed by atoms with Crippen LogP contribution in [0.3, 0.4) is 0 Å². The Morgan fingerprint density at radius 3 is 2.55 bits per heavy atom. The molecule has 3 aromatic rings. The molecule has 3 heteroatoms. The molecule has 0 amide bonds. The fraction of sp³-hybridized carbons (Fsp3) is 0.158. The van der Waals surface area contributed by atoms with Crippen molar-refractivity contribution in [3.8, 4) is 22.4 Å². The smallest absolute Gasteiger partial charge is 0.0473 e. The summed E-state index contributed by atoms with van der Waals surface area (Å²) in [6.45, 7) is 4.46. The zero-order chi connectivity index (χ0) is 14.4. The molecule has 4 rings (SSSR count). The molecule has 1 aliphatic rings.